The summed E-state index contributed by atoms with van der Waals surface area (Å²) >= 11 is 0. The zero-order valence-corrected chi connectivity index (χ0v) is 18.1. The first-order valence-corrected chi connectivity index (χ1v) is 10.9. The Morgan fingerprint density at radius 3 is 2.45 bits per heavy atom. The maximum absolute atomic E-state index is 13.1. The lowest BCUT2D eigenvalue weighted by atomic mass is 10.1. The molecule has 0 atom stereocenters. The highest BCUT2D eigenvalue weighted by molar-refractivity contribution is 7.89. The van der Waals surface area contributed by atoms with Crippen molar-refractivity contribution in [2.45, 2.75) is 31.8 Å². The van der Waals surface area contributed by atoms with Crippen molar-refractivity contribution in [2.24, 2.45) is 0 Å². The van der Waals surface area contributed by atoms with Crippen LogP contribution in [0.25, 0.3) is 0 Å². The number of benzene rings is 2. The van der Waals surface area contributed by atoms with Crippen molar-refractivity contribution < 1.29 is 22.5 Å². The number of rotatable bonds is 8. The number of hydrogen-bond acceptors (Lipinski definition) is 6. The third kappa shape index (κ3) is 4.95. The maximum atomic E-state index is 13.1. The normalized spacial score (nSPS) is 11.0. The van der Waals surface area contributed by atoms with Crippen LogP contribution in [-0.4, -0.2) is 30.3 Å². The molecule has 3 rings (SSSR count). The Kier molecular flexibility index (Phi) is 6.78. The Hall–Kier alpha value is -3.57. The van der Waals surface area contributed by atoms with Gasteiger partial charge in [0.1, 0.15) is 18.1 Å². The molecule has 7 nitrogen and oxygen atoms in total. The monoisotopic (exact) mass is 438 g/mol. The van der Waals surface area contributed by atoms with Gasteiger partial charge in [0.2, 0.25) is 5.91 Å². The predicted molar refractivity (Wildman–Crippen MR) is 115 cm³/mol. The van der Waals surface area contributed by atoms with Crippen molar-refractivity contribution in [3.63, 3.8) is 0 Å². The summed E-state index contributed by atoms with van der Waals surface area (Å²) in [5, 5.41) is 3.67. The molecule has 0 aliphatic carbocycles. The van der Waals surface area contributed by atoms with Gasteiger partial charge in [-0.15, -0.1) is 6.42 Å². The van der Waals surface area contributed by atoms with E-state index in [-0.39, 0.29) is 22.8 Å². The summed E-state index contributed by atoms with van der Waals surface area (Å²) in [6, 6.07) is 16.6. The number of carbonyl (C=O) groups is 1. The van der Waals surface area contributed by atoms with E-state index in [0.29, 0.717) is 22.2 Å². The van der Waals surface area contributed by atoms with Gasteiger partial charge in [0.05, 0.1) is 13.0 Å². The van der Waals surface area contributed by atoms with Gasteiger partial charge in [0.15, 0.2) is 10.7 Å². The highest BCUT2D eigenvalue weighted by Crippen LogP contribution is 2.26. The zero-order chi connectivity index (χ0) is 22.4. The van der Waals surface area contributed by atoms with E-state index in [1.54, 1.807) is 24.3 Å². The molecule has 0 saturated carbocycles. The fraction of sp³-hybridized carbons (Fsp3) is 0.217. The minimum absolute atomic E-state index is 0.0962. The molecule has 0 aliphatic heterocycles. The van der Waals surface area contributed by atoms with E-state index in [9.17, 15) is 13.2 Å². The van der Waals surface area contributed by atoms with Crippen molar-refractivity contribution in [2.75, 3.05) is 6.54 Å². The second kappa shape index (κ2) is 9.49. The lowest BCUT2D eigenvalue weighted by Gasteiger charge is -2.21. The third-order valence-corrected chi connectivity index (χ3v) is 6.59. The van der Waals surface area contributed by atoms with Crippen LogP contribution in [-0.2, 0) is 27.8 Å². The largest absolute Gasteiger partial charge is 0.489 e. The molecule has 3 aromatic rings. The lowest BCUT2D eigenvalue weighted by molar-refractivity contribution is -0.125. The van der Waals surface area contributed by atoms with Crippen LogP contribution in [0.3, 0.4) is 0 Å². The number of amides is 1. The quantitative estimate of drug-likeness (QED) is 0.502. The van der Waals surface area contributed by atoms with Crippen LogP contribution in [0.4, 0.5) is 0 Å². The summed E-state index contributed by atoms with van der Waals surface area (Å²) in [5.74, 6) is 2.17. The Labute approximate surface area is 181 Å². The molecule has 0 unspecified atom stereocenters. The standard InChI is InChI=1S/C23H22N2O5S/c1-4-14-25(31(27,28)23-17(2)24-30-18(23)3)22(26)15-20-12-8-9-13-21(20)29-16-19-10-6-5-7-11-19/h1,5-13H,14-16H2,2-3H3. The summed E-state index contributed by atoms with van der Waals surface area (Å²) in [7, 11) is -4.22. The molecular weight excluding hydrogens is 416 g/mol. The van der Waals surface area contributed by atoms with Crippen LogP contribution >= 0.6 is 0 Å². The molecule has 1 heterocycles. The van der Waals surface area contributed by atoms with E-state index >= 15 is 0 Å². The molecule has 1 amide bonds. The summed E-state index contributed by atoms with van der Waals surface area (Å²) < 4.78 is 37.8. The molecule has 0 spiro atoms. The van der Waals surface area contributed by atoms with E-state index in [0.717, 1.165) is 5.56 Å². The first-order valence-electron chi connectivity index (χ1n) is 9.51. The van der Waals surface area contributed by atoms with Gasteiger partial charge in [-0.25, -0.2) is 12.7 Å². The number of para-hydroxylation sites is 1. The Morgan fingerprint density at radius 2 is 1.81 bits per heavy atom. The molecule has 31 heavy (non-hydrogen) atoms. The predicted octanol–water partition coefficient (Wildman–Crippen LogP) is 3.26. The molecule has 1 aromatic heterocycles. The molecule has 0 aliphatic rings. The molecule has 0 fully saturated rings. The van der Waals surface area contributed by atoms with Gasteiger partial charge < -0.3 is 9.26 Å². The average molecular weight is 439 g/mol. The van der Waals surface area contributed by atoms with Crippen molar-refractivity contribution in [3.8, 4) is 18.1 Å². The van der Waals surface area contributed by atoms with E-state index in [4.69, 9.17) is 15.7 Å². The highest BCUT2D eigenvalue weighted by atomic mass is 32.2. The SMILES string of the molecule is C#CCN(C(=O)Cc1ccccc1OCc1ccccc1)S(=O)(=O)c1c(C)noc1C. The van der Waals surface area contributed by atoms with Gasteiger partial charge >= 0.3 is 0 Å². The summed E-state index contributed by atoms with van der Waals surface area (Å²) in [6.07, 6.45) is 5.16. The van der Waals surface area contributed by atoms with Gasteiger partial charge in [-0.05, 0) is 25.5 Å². The topological polar surface area (TPSA) is 89.7 Å². The van der Waals surface area contributed by atoms with Crippen LogP contribution in [0.2, 0.25) is 0 Å². The van der Waals surface area contributed by atoms with E-state index in [1.807, 2.05) is 30.3 Å². The lowest BCUT2D eigenvalue weighted by Crippen LogP contribution is -2.38. The highest BCUT2D eigenvalue weighted by Gasteiger charge is 2.34. The van der Waals surface area contributed by atoms with Crippen LogP contribution in [0.1, 0.15) is 22.6 Å². The number of ether oxygens (including phenoxy) is 1. The number of terminal acetylenes is 1. The van der Waals surface area contributed by atoms with Crippen molar-refractivity contribution in [1.29, 1.82) is 0 Å². The maximum Gasteiger partial charge on any atom is 0.272 e. The second-order valence-corrected chi connectivity index (χ2v) is 8.62. The summed E-state index contributed by atoms with van der Waals surface area (Å²) in [5.41, 5.74) is 1.69. The molecule has 0 radical (unpaired) electrons. The molecule has 2 aromatic carbocycles. The molecular formula is C23H22N2O5S. The van der Waals surface area contributed by atoms with Crippen molar-refractivity contribution in [1.82, 2.24) is 9.46 Å². The van der Waals surface area contributed by atoms with Crippen LogP contribution < -0.4 is 4.74 Å². The fourth-order valence-corrected chi connectivity index (χ4v) is 4.73. The zero-order valence-electron chi connectivity index (χ0n) is 17.2. The van der Waals surface area contributed by atoms with Crippen LogP contribution in [0, 0.1) is 26.2 Å². The first kappa shape index (κ1) is 22.1. The van der Waals surface area contributed by atoms with E-state index in [1.165, 1.54) is 13.8 Å². The van der Waals surface area contributed by atoms with Gasteiger partial charge in [-0.1, -0.05) is 59.6 Å². The van der Waals surface area contributed by atoms with E-state index in [2.05, 4.69) is 11.1 Å². The van der Waals surface area contributed by atoms with Gasteiger partial charge in [-0.2, -0.15) is 0 Å². The van der Waals surface area contributed by atoms with Crippen LogP contribution in [0.15, 0.2) is 64.0 Å². The minimum Gasteiger partial charge on any atom is -0.489 e. The van der Waals surface area contributed by atoms with E-state index < -0.39 is 22.5 Å². The summed E-state index contributed by atoms with van der Waals surface area (Å²) in [6.45, 7) is 2.88. The minimum atomic E-state index is -4.22. The molecule has 0 saturated heterocycles. The number of sulfonamides is 1. The number of aryl methyl sites for hydroxylation is 2. The Bertz CT molecular complexity index is 1190. The Morgan fingerprint density at radius 1 is 1.13 bits per heavy atom. The Balaban J connectivity index is 1.84. The van der Waals surface area contributed by atoms with Crippen molar-refractivity contribution >= 4 is 15.9 Å². The van der Waals surface area contributed by atoms with Gasteiger partial charge in [0, 0.05) is 5.56 Å². The average Bonchev–Trinajstić information content (AvgIpc) is 3.10. The summed E-state index contributed by atoms with van der Waals surface area (Å²) in [4.78, 5) is 12.9. The smallest absolute Gasteiger partial charge is 0.272 e. The number of carbonyl (C=O) groups excluding carboxylic acids is 1. The first-order chi connectivity index (χ1) is 14.8. The molecule has 8 heteroatoms. The van der Waals surface area contributed by atoms with Gasteiger partial charge in [0.25, 0.3) is 10.0 Å². The van der Waals surface area contributed by atoms with Crippen LogP contribution in [0.5, 0.6) is 5.75 Å². The van der Waals surface area contributed by atoms with Crippen molar-refractivity contribution in [3.05, 3.63) is 77.2 Å². The number of hydrogen-bond donors (Lipinski definition) is 0. The third-order valence-electron chi connectivity index (χ3n) is 4.58. The fourth-order valence-electron chi connectivity index (χ4n) is 3.12. The number of aromatic nitrogens is 1. The molecule has 160 valence electrons. The molecule has 0 bridgehead atoms. The van der Waals surface area contributed by atoms with Gasteiger partial charge in [-0.3, -0.25) is 4.79 Å². The molecule has 0 N–H and O–H groups in total. The second-order valence-electron chi connectivity index (χ2n) is 6.82. The number of nitrogens with zero attached hydrogens (tertiary/aromatic N) is 2.